The van der Waals surface area contributed by atoms with Crippen molar-refractivity contribution in [2.75, 3.05) is 0 Å². The minimum Gasteiger partial charge on any atom is -1.00 e. The van der Waals surface area contributed by atoms with Gasteiger partial charge in [0.2, 0.25) is 0 Å². The predicted molar refractivity (Wildman–Crippen MR) is 55.7 cm³/mol. The zero-order valence-electron chi connectivity index (χ0n) is 8.44. The van der Waals surface area contributed by atoms with Gasteiger partial charge < -0.3 is 12.4 Å². The highest BCUT2D eigenvalue weighted by molar-refractivity contribution is 5.74. The van der Waals surface area contributed by atoms with Gasteiger partial charge in [0.25, 0.3) is 0 Å². The van der Waals surface area contributed by atoms with Crippen molar-refractivity contribution in [1.29, 1.82) is 0 Å². The topological polar surface area (TPSA) is 17.1 Å². The van der Waals surface area contributed by atoms with Gasteiger partial charge in [-0.2, -0.15) is 0 Å². The van der Waals surface area contributed by atoms with E-state index in [1.807, 2.05) is 24.3 Å². The number of benzene rings is 2. The first-order chi connectivity index (χ1) is 7.38. The molecule has 0 bridgehead atoms. The Hall–Kier alpha value is -0.870. The number of carbonyl (C=O) groups excluding carboxylic acids is 1. The second-order valence-electron chi connectivity index (χ2n) is 3.06. The van der Waals surface area contributed by atoms with Gasteiger partial charge in [-0.05, 0) is 18.2 Å². The van der Waals surface area contributed by atoms with E-state index in [9.17, 15) is 4.79 Å². The Labute approximate surface area is 112 Å². The molecule has 82 valence electrons. The highest BCUT2D eigenvalue weighted by Crippen LogP contribution is 1.93. The average Bonchev–Trinajstić information content (AvgIpc) is 2.31. The van der Waals surface area contributed by atoms with Gasteiger partial charge in [-0.25, -0.2) is 0 Å². The van der Waals surface area contributed by atoms with Crippen LogP contribution in [0.4, 0.5) is 0 Å². The third kappa shape index (κ3) is 3.61. The highest BCUT2D eigenvalue weighted by atomic mass is 127. The van der Waals surface area contributed by atoms with E-state index in [2.05, 4.69) is 30.3 Å². The van der Waals surface area contributed by atoms with Gasteiger partial charge in [0.05, 0.1) is 0 Å². The van der Waals surface area contributed by atoms with Crippen LogP contribution in [0.25, 0.3) is 0 Å². The lowest BCUT2D eigenvalue weighted by atomic mass is 10.2. The molecule has 0 aliphatic rings. The van der Waals surface area contributed by atoms with Gasteiger partial charge in [-0.15, -0.1) is 0 Å². The first kappa shape index (κ1) is 13.2. The fourth-order valence-electron chi connectivity index (χ4n) is 1.24. The fraction of sp³-hybridized carbons (Fsp3) is 0. The Morgan fingerprint density at radius 3 is 2.25 bits per heavy atom. The lowest BCUT2D eigenvalue weighted by Gasteiger charge is -1.88. The number of halogens is 2. The van der Waals surface area contributed by atoms with Crippen LogP contribution in [0.1, 0.15) is 10.4 Å². The summed E-state index contributed by atoms with van der Waals surface area (Å²) in [6, 6.07) is 18.3. The van der Waals surface area contributed by atoms with Crippen molar-refractivity contribution in [2.45, 2.75) is 0 Å². The summed E-state index contributed by atoms with van der Waals surface area (Å²) in [6.07, 6.45) is 0.901. The van der Waals surface area contributed by atoms with Crippen LogP contribution in [-0.2, 0) is 0 Å². The molecule has 0 saturated heterocycles. The Bertz CT molecular complexity index is 456. The molecule has 2 aromatic rings. The van der Waals surface area contributed by atoms with Gasteiger partial charge in [-0.1, -0.05) is 30.3 Å². The Kier molecular flexibility index (Phi) is 5.49. The van der Waals surface area contributed by atoms with Crippen LogP contribution in [-0.4, -0.2) is 6.29 Å². The van der Waals surface area contributed by atoms with Crippen molar-refractivity contribution >= 4 is 6.29 Å². The summed E-state index contributed by atoms with van der Waals surface area (Å²) in [5.74, 6) is 0. The molecule has 16 heavy (non-hydrogen) atoms. The van der Waals surface area contributed by atoms with Gasteiger partial charge in [0.15, 0.2) is 7.14 Å². The maximum absolute atomic E-state index is 10.6. The summed E-state index contributed by atoms with van der Waals surface area (Å²) in [5, 5.41) is 0. The SMILES string of the molecule is O=Cc1cccc([I+]c2ccccc2)c1.[Cl-]. The average molecular weight is 345 g/mol. The standard InChI is InChI=1S/C13H10IO.ClH/c15-10-11-5-4-8-13(9-11)14-12-6-2-1-3-7-12;/h1-10H;1H/q+1;/p-1. The van der Waals surface area contributed by atoms with Gasteiger partial charge in [0.1, 0.15) is 6.29 Å². The summed E-state index contributed by atoms with van der Waals surface area (Å²) in [7, 11) is 0. The Morgan fingerprint density at radius 2 is 1.56 bits per heavy atom. The van der Waals surface area contributed by atoms with E-state index in [0.29, 0.717) is 0 Å². The van der Waals surface area contributed by atoms with E-state index in [1.54, 1.807) is 0 Å². The number of carbonyl (C=O) groups is 1. The molecule has 0 aliphatic carbocycles. The third-order valence-electron chi connectivity index (χ3n) is 1.94. The van der Waals surface area contributed by atoms with E-state index >= 15 is 0 Å². The molecule has 0 atom stereocenters. The molecule has 0 aromatic heterocycles. The molecule has 0 aliphatic heterocycles. The quantitative estimate of drug-likeness (QED) is 0.420. The monoisotopic (exact) mass is 344 g/mol. The molecular formula is C13H10ClIO. The summed E-state index contributed by atoms with van der Waals surface area (Å²) < 4.78 is 2.66. The van der Waals surface area contributed by atoms with Crippen LogP contribution in [0.5, 0.6) is 0 Å². The van der Waals surface area contributed by atoms with E-state index < -0.39 is 0 Å². The Balaban J connectivity index is 0.00000128. The van der Waals surface area contributed by atoms with E-state index in [1.165, 1.54) is 7.14 Å². The minimum atomic E-state index is -0.153. The van der Waals surface area contributed by atoms with Crippen molar-refractivity contribution in [3.63, 3.8) is 0 Å². The molecule has 0 N–H and O–H groups in total. The van der Waals surface area contributed by atoms with Crippen LogP contribution in [0.15, 0.2) is 54.6 Å². The second-order valence-corrected chi connectivity index (χ2v) is 6.09. The van der Waals surface area contributed by atoms with Gasteiger partial charge in [-0.3, -0.25) is 4.79 Å². The zero-order chi connectivity index (χ0) is 10.5. The highest BCUT2D eigenvalue weighted by Gasteiger charge is 2.14. The van der Waals surface area contributed by atoms with Crippen molar-refractivity contribution in [1.82, 2.24) is 0 Å². The maximum Gasteiger partial charge on any atom is 0.357 e. The van der Waals surface area contributed by atoms with Crippen molar-refractivity contribution in [2.24, 2.45) is 0 Å². The van der Waals surface area contributed by atoms with E-state index in [-0.39, 0.29) is 33.6 Å². The summed E-state index contributed by atoms with van der Waals surface area (Å²) >= 11 is -0.153. The lowest BCUT2D eigenvalue weighted by molar-refractivity contribution is -0.597. The van der Waals surface area contributed by atoms with E-state index in [4.69, 9.17) is 0 Å². The van der Waals surface area contributed by atoms with Crippen molar-refractivity contribution in [3.05, 3.63) is 67.3 Å². The number of rotatable bonds is 3. The third-order valence-corrected chi connectivity index (χ3v) is 4.57. The molecule has 0 fully saturated rings. The second kappa shape index (κ2) is 6.66. The molecule has 2 rings (SSSR count). The minimum absolute atomic E-state index is 0. The van der Waals surface area contributed by atoms with Crippen molar-refractivity contribution < 1.29 is 38.4 Å². The molecule has 0 heterocycles. The van der Waals surface area contributed by atoms with Crippen LogP contribution in [0.3, 0.4) is 0 Å². The van der Waals surface area contributed by atoms with Crippen LogP contribution in [0, 0.1) is 7.14 Å². The van der Waals surface area contributed by atoms with Crippen LogP contribution in [0.2, 0.25) is 0 Å². The molecule has 2 aromatic carbocycles. The number of hydrogen-bond donors (Lipinski definition) is 0. The zero-order valence-corrected chi connectivity index (χ0v) is 11.4. The molecule has 0 saturated carbocycles. The molecule has 0 unspecified atom stereocenters. The number of aldehydes is 1. The molecule has 0 spiro atoms. The maximum atomic E-state index is 10.6. The molecule has 0 amide bonds. The summed E-state index contributed by atoms with van der Waals surface area (Å²) in [5.41, 5.74) is 0.767. The van der Waals surface area contributed by atoms with Crippen LogP contribution >= 0.6 is 0 Å². The van der Waals surface area contributed by atoms with Gasteiger partial charge in [0, 0.05) is 11.6 Å². The smallest absolute Gasteiger partial charge is 0.357 e. The first-order valence-corrected chi connectivity index (χ1v) is 6.79. The van der Waals surface area contributed by atoms with Crippen molar-refractivity contribution in [3.8, 4) is 0 Å². The Morgan fingerprint density at radius 1 is 0.875 bits per heavy atom. The van der Waals surface area contributed by atoms with E-state index in [0.717, 1.165) is 11.8 Å². The molecular weight excluding hydrogens is 334 g/mol. The molecule has 1 nitrogen and oxygen atoms in total. The van der Waals surface area contributed by atoms with Crippen LogP contribution < -0.4 is 33.6 Å². The number of hydrogen-bond acceptors (Lipinski definition) is 1. The summed E-state index contributed by atoms with van der Waals surface area (Å²) in [4.78, 5) is 10.6. The first-order valence-electron chi connectivity index (χ1n) is 4.63. The summed E-state index contributed by atoms with van der Waals surface area (Å²) in [6.45, 7) is 0. The normalized spacial score (nSPS) is 9.25. The predicted octanol–water partition coefficient (Wildman–Crippen LogP) is -3.37. The molecule has 3 heteroatoms. The van der Waals surface area contributed by atoms with Gasteiger partial charge >= 0.3 is 21.2 Å². The largest absolute Gasteiger partial charge is 1.00 e. The fourth-order valence-corrected chi connectivity index (χ4v) is 3.64. The lowest BCUT2D eigenvalue weighted by Crippen LogP contribution is -3.61. The molecule has 0 radical (unpaired) electrons.